The largest absolute Gasteiger partial charge is 0.248 e. The third-order valence-electron chi connectivity index (χ3n) is 10.4. The Morgan fingerprint density at radius 1 is 0.196 bits per heavy atom. The summed E-state index contributed by atoms with van der Waals surface area (Å²) in [4.78, 5) is 15.7. The minimum atomic E-state index is 0.903. The van der Waals surface area contributed by atoms with Crippen molar-refractivity contribution in [1.82, 2.24) is 15.0 Å². The summed E-state index contributed by atoms with van der Waals surface area (Å²) in [6.45, 7) is 0. The molecular weight excluding hydrogens is 679 g/mol. The summed E-state index contributed by atoms with van der Waals surface area (Å²) >= 11 is 0. The van der Waals surface area contributed by atoms with E-state index in [9.17, 15) is 0 Å². The highest BCUT2D eigenvalue weighted by molar-refractivity contribution is 5.88. The normalized spacial score (nSPS) is 11.2. The molecule has 0 bridgehead atoms. The highest BCUT2D eigenvalue weighted by atomic mass is 14.7. The molecule has 3 heterocycles. The molecule has 0 N–H and O–H groups in total. The molecule has 56 heavy (non-hydrogen) atoms. The number of hydrogen-bond acceptors (Lipinski definition) is 3. The van der Waals surface area contributed by atoms with Crippen LogP contribution in [0.1, 0.15) is 0 Å². The molecule has 0 amide bonds. The van der Waals surface area contributed by atoms with Gasteiger partial charge in [0, 0.05) is 33.0 Å². The molecule has 0 saturated carbocycles. The second-order valence-electron chi connectivity index (χ2n) is 14.1. The van der Waals surface area contributed by atoms with Crippen molar-refractivity contribution in [1.29, 1.82) is 0 Å². The Balaban J connectivity index is 1.19. The lowest BCUT2D eigenvalue weighted by atomic mass is 9.93. The van der Waals surface area contributed by atoms with Crippen LogP contribution in [0.3, 0.4) is 0 Å². The van der Waals surface area contributed by atoms with Gasteiger partial charge < -0.3 is 0 Å². The third-order valence-corrected chi connectivity index (χ3v) is 10.4. The van der Waals surface area contributed by atoms with Crippen molar-refractivity contribution in [3.05, 3.63) is 212 Å². The van der Waals surface area contributed by atoms with E-state index in [1.54, 1.807) is 0 Å². The Morgan fingerprint density at radius 2 is 0.571 bits per heavy atom. The van der Waals surface area contributed by atoms with Crippen LogP contribution in [0.25, 0.3) is 100 Å². The Labute approximate surface area is 326 Å². The summed E-state index contributed by atoms with van der Waals surface area (Å²) in [6, 6.07) is 74.7. The second-order valence-corrected chi connectivity index (χ2v) is 14.1. The smallest absolute Gasteiger partial charge is 0.0715 e. The second kappa shape index (κ2) is 14.4. The van der Waals surface area contributed by atoms with Crippen LogP contribution in [0.2, 0.25) is 0 Å². The van der Waals surface area contributed by atoms with Gasteiger partial charge in [0.2, 0.25) is 0 Å². The maximum atomic E-state index is 5.37. The lowest BCUT2D eigenvalue weighted by Crippen LogP contribution is -1.94. The van der Waals surface area contributed by atoms with E-state index in [2.05, 4.69) is 200 Å². The molecule has 0 aliphatic heterocycles. The fourth-order valence-corrected chi connectivity index (χ4v) is 7.51. The number of aromatic nitrogens is 3. The highest BCUT2D eigenvalue weighted by Crippen LogP contribution is 2.37. The summed E-state index contributed by atoms with van der Waals surface area (Å²) in [5, 5.41) is 2.23. The standard InChI is InChI=1S/C53H35N3/c1-3-13-36(14-4-1)40-19-11-21-42(29-40)52-34-45(35-53(56-52)43-22-12-20-41(30-43)37-15-5-2-6-16-37)44-31-46(50-27-25-38-17-7-9-23-48(38)54-50)33-47(32-44)51-28-26-39-18-8-10-24-49(39)55-51/h1-35H. The van der Waals surface area contributed by atoms with Gasteiger partial charge in [0.05, 0.1) is 33.8 Å². The van der Waals surface area contributed by atoms with Crippen molar-refractivity contribution >= 4 is 21.8 Å². The zero-order chi connectivity index (χ0) is 37.3. The predicted molar refractivity (Wildman–Crippen MR) is 233 cm³/mol. The topological polar surface area (TPSA) is 38.7 Å². The average Bonchev–Trinajstić information content (AvgIpc) is 3.29. The molecule has 0 saturated heterocycles. The number of hydrogen-bond donors (Lipinski definition) is 0. The lowest BCUT2D eigenvalue weighted by Gasteiger charge is -2.15. The van der Waals surface area contributed by atoms with Gasteiger partial charge in [0.15, 0.2) is 0 Å². The fraction of sp³-hybridized carbons (Fsp3) is 0. The van der Waals surface area contributed by atoms with E-state index in [1.807, 2.05) is 12.1 Å². The van der Waals surface area contributed by atoms with E-state index in [1.165, 1.54) is 11.1 Å². The Kier molecular flexibility index (Phi) is 8.51. The van der Waals surface area contributed by atoms with Crippen LogP contribution in [0.5, 0.6) is 0 Å². The number of benzene rings is 7. The molecule has 3 aromatic heterocycles. The van der Waals surface area contributed by atoms with Crippen molar-refractivity contribution < 1.29 is 0 Å². The molecular formula is C53H35N3. The van der Waals surface area contributed by atoms with Gasteiger partial charge in [-0.05, 0) is 100 Å². The Hall–Kier alpha value is -7.49. The predicted octanol–water partition coefficient (Wildman–Crippen LogP) is 13.8. The molecule has 10 aromatic rings. The van der Waals surface area contributed by atoms with Crippen LogP contribution in [-0.4, -0.2) is 15.0 Å². The summed E-state index contributed by atoms with van der Waals surface area (Å²) in [5.41, 5.74) is 16.5. The van der Waals surface area contributed by atoms with Crippen LogP contribution in [0.15, 0.2) is 212 Å². The summed E-state index contributed by atoms with van der Waals surface area (Å²) in [7, 11) is 0. The van der Waals surface area contributed by atoms with Crippen LogP contribution in [-0.2, 0) is 0 Å². The number of rotatable bonds is 7. The van der Waals surface area contributed by atoms with Crippen molar-refractivity contribution in [3.63, 3.8) is 0 Å². The van der Waals surface area contributed by atoms with Crippen LogP contribution in [0.4, 0.5) is 0 Å². The van der Waals surface area contributed by atoms with E-state index in [4.69, 9.17) is 15.0 Å². The zero-order valence-electron chi connectivity index (χ0n) is 30.5. The van der Waals surface area contributed by atoms with E-state index in [-0.39, 0.29) is 0 Å². The van der Waals surface area contributed by atoms with Crippen LogP contribution < -0.4 is 0 Å². The lowest BCUT2D eigenvalue weighted by molar-refractivity contribution is 1.32. The molecule has 0 aliphatic rings. The number of para-hydroxylation sites is 2. The van der Waals surface area contributed by atoms with Crippen molar-refractivity contribution in [3.8, 4) is 78.4 Å². The van der Waals surface area contributed by atoms with Gasteiger partial charge in [-0.15, -0.1) is 0 Å². The van der Waals surface area contributed by atoms with Gasteiger partial charge in [0.1, 0.15) is 0 Å². The summed E-state index contributed by atoms with van der Waals surface area (Å²) < 4.78 is 0. The molecule has 10 rings (SSSR count). The van der Waals surface area contributed by atoms with Gasteiger partial charge in [-0.1, -0.05) is 146 Å². The summed E-state index contributed by atoms with van der Waals surface area (Å²) in [6.07, 6.45) is 0. The molecule has 0 aliphatic carbocycles. The van der Waals surface area contributed by atoms with Crippen LogP contribution in [0, 0.1) is 0 Å². The van der Waals surface area contributed by atoms with Gasteiger partial charge >= 0.3 is 0 Å². The first-order valence-corrected chi connectivity index (χ1v) is 18.9. The van der Waals surface area contributed by atoms with Crippen molar-refractivity contribution in [2.45, 2.75) is 0 Å². The molecule has 3 nitrogen and oxygen atoms in total. The molecule has 0 fully saturated rings. The van der Waals surface area contributed by atoms with Gasteiger partial charge in [-0.3, -0.25) is 0 Å². The Bertz CT molecular complexity index is 2830. The molecule has 7 aromatic carbocycles. The van der Waals surface area contributed by atoms with E-state index >= 15 is 0 Å². The molecule has 0 spiro atoms. The maximum absolute atomic E-state index is 5.37. The first-order valence-electron chi connectivity index (χ1n) is 18.9. The maximum Gasteiger partial charge on any atom is 0.0715 e. The first-order chi connectivity index (χ1) is 27.7. The van der Waals surface area contributed by atoms with Crippen molar-refractivity contribution in [2.24, 2.45) is 0 Å². The molecule has 3 heteroatoms. The Morgan fingerprint density at radius 3 is 1.07 bits per heavy atom. The number of nitrogens with zero attached hydrogens (tertiary/aromatic N) is 3. The summed E-state index contributed by atoms with van der Waals surface area (Å²) in [5.74, 6) is 0. The molecule has 0 unspecified atom stereocenters. The van der Waals surface area contributed by atoms with Gasteiger partial charge in [0.25, 0.3) is 0 Å². The highest BCUT2D eigenvalue weighted by Gasteiger charge is 2.15. The van der Waals surface area contributed by atoms with E-state index in [0.717, 1.165) is 89.1 Å². The third kappa shape index (κ3) is 6.63. The molecule has 262 valence electrons. The molecule has 0 atom stereocenters. The number of fused-ring (bicyclic) bond motifs is 2. The monoisotopic (exact) mass is 713 g/mol. The minimum Gasteiger partial charge on any atom is -0.248 e. The van der Waals surface area contributed by atoms with Crippen LogP contribution >= 0.6 is 0 Å². The zero-order valence-corrected chi connectivity index (χ0v) is 30.5. The SMILES string of the molecule is c1ccc(-c2cccc(-c3cc(-c4cc(-c5ccc6ccccc6n5)cc(-c5ccc6ccccc6n5)c4)cc(-c4cccc(-c5ccccc5)c4)n3)c2)cc1. The minimum absolute atomic E-state index is 0.903. The van der Waals surface area contributed by atoms with E-state index in [0.29, 0.717) is 0 Å². The van der Waals surface area contributed by atoms with Gasteiger partial charge in [-0.2, -0.15) is 0 Å². The number of pyridine rings is 3. The van der Waals surface area contributed by atoms with Crippen molar-refractivity contribution in [2.75, 3.05) is 0 Å². The quantitative estimate of drug-likeness (QED) is 0.165. The fourth-order valence-electron chi connectivity index (χ4n) is 7.51. The van der Waals surface area contributed by atoms with E-state index < -0.39 is 0 Å². The van der Waals surface area contributed by atoms with Gasteiger partial charge in [-0.25, -0.2) is 15.0 Å². The first kappa shape index (κ1) is 33.1. The average molecular weight is 714 g/mol. The molecule has 0 radical (unpaired) electrons.